The molecule has 1 saturated heterocycles. The molecule has 7 rings (SSSR count). The molecule has 1 fully saturated rings. The molecule has 0 radical (unpaired) electrons. The van der Waals surface area contributed by atoms with Gasteiger partial charge in [-0.1, -0.05) is 0 Å². The van der Waals surface area contributed by atoms with E-state index >= 15 is 0 Å². The van der Waals surface area contributed by atoms with E-state index in [9.17, 15) is 0 Å². The van der Waals surface area contributed by atoms with Gasteiger partial charge in [0.05, 0.1) is 0 Å². The van der Waals surface area contributed by atoms with Crippen molar-refractivity contribution in [3.05, 3.63) is 119 Å². The van der Waals surface area contributed by atoms with Gasteiger partial charge >= 0.3 is 176 Å². The average molecular weight is 477 g/mol. The van der Waals surface area contributed by atoms with Crippen molar-refractivity contribution in [2.45, 2.75) is 17.9 Å². The predicted octanol–water partition coefficient (Wildman–Crippen LogP) is 1.54. The van der Waals surface area contributed by atoms with Crippen molar-refractivity contribution in [2.24, 2.45) is 0 Å². The zero-order chi connectivity index (χ0) is 19.0. The Bertz CT molecular complexity index is 1100. The maximum atomic E-state index is 2.43. The van der Waals surface area contributed by atoms with E-state index in [2.05, 4.69) is 97.1 Å². The van der Waals surface area contributed by atoms with Crippen LogP contribution in [0.3, 0.4) is 0 Å². The van der Waals surface area contributed by atoms with E-state index in [1.807, 2.05) is 0 Å². The summed E-state index contributed by atoms with van der Waals surface area (Å²) in [7, 11) is 0. The summed E-state index contributed by atoms with van der Waals surface area (Å²) < 4.78 is 4.32. The van der Waals surface area contributed by atoms with Gasteiger partial charge in [0.1, 0.15) is 0 Å². The fourth-order valence-corrected chi connectivity index (χ4v) is 16.5. The molecular formula is C28H22Cl2Ti. The van der Waals surface area contributed by atoms with Gasteiger partial charge in [-0.3, -0.25) is 0 Å². The first-order valence-corrected chi connectivity index (χ1v) is 14.8. The Balaban J connectivity index is 0.00000102. The van der Waals surface area contributed by atoms with Crippen LogP contribution in [-0.2, 0) is 16.6 Å². The first-order valence-electron chi connectivity index (χ1n) is 10.7. The van der Waals surface area contributed by atoms with Crippen molar-refractivity contribution in [3.8, 4) is 22.3 Å². The van der Waals surface area contributed by atoms with Crippen LogP contribution in [0.1, 0.15) is 30.7 Å². The quantitative estimate of drug-likeness (QED) is 0.385. The van der Waals surface area contributed by atoms with Crippen molar-refractivity contribution >= 4 is 0 Å². The Morgan fingerprint density at radius 3 is 0.935 bits per heavy atom. The zero-order valence-electron chi connectivity index (χ0n) is 17.1. The molecule has 3 aliphatic rings. The first-order chi connectivity index (χ1) is 14.4. The fraction of sp³-hybridized carbons (Fsp3) is 0.143. The molecule has 0 N–H and O–H groups in total. The molecule has 0 spiro atoms. The van der Waals surface area contributed by atoms with E-state index < -0.39 is 16.6 Å². The van der Waals surface area contributed by atoms with Crippen LogP contribution in [0, 0.1) is 0 Å². The minimum atomic E-state index is -2.25. The molecule has 0 aromatic heterocycles. The Hall–Kier alpha value is -1.83. The molecule has 0 nitrogen and oxygen atoms in total. The number of fused-ring (bicyclic) bond motifs is 6. The standard InChI is InChI=1S/2C13H9.C2H4.2ClH.Ti/c2*1-3-7-12-10(5-1)9-11-6-2-4-8-13(11)12;1-2;;;/h2*1-9H;1-2H2;2*1H;/q;;;;;+2/p-2. The van der Waals surface area contributed by atoms with Gasteiger partial charge < -0.3 is 24.8 Å². The fourth-order valence-electron chi connectivity index (χ4n) is 6.44. The summed E-state index contributed by atoms with van der Waals surface area (Å²) in [4.78, 5) is 0. The molecule has 0 bridgehead atoms. The molecular weight excluding hydrogens is 455 g/mol. The van der Waals surface area contributed by atoms with Gasteiger partial charge in [-0.05, 0) is 0 Å². The van der Waals surface area contributed by atoms with E-state index in [0.29, 0.717) is 8.45 Å². The Morgan fingerprint density at radius 2 is 0.677 bits per heavy atom. The first kappa shape index (κ1) is 21.0. The topological polar surface area (TPSA) is 0 Å². The van der Waals surface area contributed by atoms with Crippen molar-refractivity contribution < 1.29 is 41.4 Å². The number of halogens is 2. The summed E-state index contributed by atoms with van der Waals surface area (Å²) in [6.07, 6.45) is 0. The molecule has 0 saturated carbocycles. The van der Waals surface area contributed by atoms with E-state index in [1.165, 1.54) is 31.7 Å². The van der Waals surface area contributed by atoms with Crippen LogP contribution in [0.15, 0.2) is 97.1 Å². The van der Waals surface area contributed by atoms with E-state index in [1.54, 1.807) is 22.3 Å². The Labute approximate surface area is 199 Å². The minimum absolute atomic E-state index is 0. The van der Waals surface area contributed by atoms with Crippen LogP contribution in [-0.4, -0.2) is 0 Å². The Kier molecular flexibility index (Phi) is 5.19. The molecule has 1 heterocycles. The van der Waals surface area contributed by atoms with Gasteiger partial charge in [0.25, 0.3) is 0 Å². The third-order valence-corrected chi connectivity index (χ3v) is 15.8. The number of rotatable bonds is 2. The van der Waals surface area contributed by atoms with Crippen molar-refractivity contribution in [1.29, 1.82) is 0 Å². The second-order valence-electron chi connectivity index (χ2n) is 8.95. The van der Waals surface area contributed by atoms with Gasteiger partial charge in [0.15, 0.2) is 0 Å². The second-order valence-corrected chi connectivity index (χ2v) is 16.2. The molecule has 152 valence electrons. The molecule has 0 atom stereocenters. The summed E-state index contributed by atoms with van der Waals surface area (Å²) in [5.74, 6) is 0. The van der Waals surface area contributed by atoms with E-state index in [0.717, 1.165) is 0 Å². The van der Waals surface area contributed by atoms with Crippen LogP contribution >= 0.6 is 0 Å². The summed E-state index contributed by atoms with van der Waals surface area (Å²) in [6, 6.07) is 37.0. The molecule has 0 unspecified atom stereocenters. The van der Waals surface area contributed by atoms with Crippen molar-refractivity contribution in [1.82, 2.24) is 0 Å². The maximum absolute atomic E-state index is 2.43. The monoisotopic (exact) mass is 476 g/mol. The molecule has 31 heavy (non-hydrogen) atoms. The SMILES string of the molecule is [Cl-].[Cl-].c1ccc2c(c1)-c1ccccc1[CH]2[Ti+2]1([CH]2c3ccccc3-c3ccccc32)[CH2][CH2]1. The van der Waals surface area contributed by atoms with Crippen molar-refractivity contribution in [2.75, 3.05) is 0 Å². The van der Waals surface area contributed by atoms with Crippen LogP contribution in [0.2, 0.25) is 9.45 Å². The molecule has 2 aliphatic carbocycles. The van der Waals surface area contributed by atoms with Crippen LogP contribution in [0.25, 0.3) is 22.3 Å². The van der Waals surface area contributed by atoms with Crippen LogP contribution in [0.5, 0.6) is 0 Å². The van der Waals surface area contributed by atoms with E-state index in [4.69, 9.17) is 0 Å². The van der Waals surface area contributed by atoms with Gasteiger partial charge in [-0.15, -0.1) is 0 Å². The summed E-state index contributed by atoms with van der Waals surface area (Å²) >= 11 is -2.25. The second kappa shape index (κ2) is 7.64. The van der Waals surface area contributed by atoms with Gasteiger partial charge in [0, 0.05) is 0 Å². The van der Waals surface area contributed by atoms with Crippen LogP contribution in [0.4, 0.5) is 0 Å². The molecule has 3 heteroatoms. The van der Waals surface area contributed by atoms with E-state index in [-0.39, 0.29) is 24.8 Å². The Morgan fingerprint density at radius 1 is 0.419 bits per heavy atom. The zero-order valence-corrected chi connectivity index (χ0v) is 20.1. The molecule has 1 aliphatic heterocycles. The van der Waals surface area contributed by atoms with Gasteiger partial charge in [-0.25, -0.2) is 0 Å². The van der Waals surface area contributed by atoms with Crippen molar-refractivity contribution in [3.63, 3.8) is 0 Å². The van der Waals surface area contributed by atoms with Gasteiger partial charge in [-0.2, -0.15) is 0 Å². The summed E-state index contributed by atoms with van der Waals surface area (Å²) in [5.41, 5.74) is 12.4. The average Bonchev–Trinajstić information content (AvgIpc) is 3.38. The third kappa shape index (κ3) is 2.79. The number of hydrogen-bond donors (Lipinski definition) is 0. The summed E-state index contributed by atoms with van der Waals surface area (Å²) in [6.45, 7) is 0. The molecule has 0 amide bonds. The number of benzene rings is 4. The van der Waals surface area contributed by atoms with Gasteiger partial charge in [0.2, 0.25) is 0 Å². The summed E-state index contributed by atoms with van der Waals surface area (Å²) in [5, 5.41) is 0. The normalized spacial score (nSPS) is 15.9. The number of hydrogen-bond acceptors (Lipinski definition) is 0. The molecule has 4 aromatic carbocycles. The van der Waals surface area contributed by atoms with Crippen LogP contribution < -0.4 is 24.8 Å². The third-order valence-electron chi connectivity index (χ3n) is 7.64. The predicted molar refractivity (Wildman–Crippen MR) is 117 cm³/mol. The molecule has 4 aromatic rings.